The molecule has 1 aromatic carbocycles. The Balaban J connectivity index is 1.54. The van der Waals surface area contributed by atoms with E-state index in [-0.39, 0.29) is 29.2 Å². The lowest BCUT2D eigenvalue weighted by molar-refractivity contribution is -0.274. The highest BCUT2D eigenvalue weighted by atomic mass is 19.4. The van der Waals surface area contributed by atoms with Crippen LogP contribution in [-0.4, -0.2) is 66.9 Å². The van der Waals surface area contributed by atoms with Crippen molar-refractivity contribution < 1.29 is 32.2 Å². The van der Waals surface area contributed by atoms with Crippen LogP contribution in [-0.2, 0) is 9.53 Å². The average Bonchev–Trinajstić information content (AvgIpc) is 3.14. The summed E-state index contributed by atoms with van der Waals surface area (Å²) < 4.78 is 45.7. The van der Waals surface area contributed by atoms with E-state index in [2.05, 4.69) is 4.74 Å². The van der Waals surface area contributed by atoms with Crippen molar-refractivity contribution in [3.8, 4) is 5.75 Å². The number of benzene rings is 1. The van der Waals surface area contributed by atoms with Crippen LogP contribution in [0.2, 0.25) is 0 Å². The van der Waals surface area contributed by atoms with Gasteiger partial charge in [0.2, 0.25) is 0 Å². The Labute approximate surface area is 148 Å². The lowest BCUT2D eigenvalue weighted by Gasteiger charge is -2.35. The van der Waals surface area contributed by atoms with Crippen LogP contribution in [0.4, 0.5) is 13.2 Å². The number of carbonyl (C=O) groups excluding carboxylic acids is 2. The van der Waals surface area contributed by atoms with Crippen molar-refractivity contribution >= 4 is 11.8 Å². The SMILES string of the molecule is O=C(c1ccc(OC(F)(F)F)cc1)N1CCN(C(=O)[C@H]2CCCO2)CC1. The van der Waals surface area contributed by atoms with E-state index in [0.29, 0.717) is 32.8 Å². The predicted octanol–water partition coefficient (Wildman–Crippen LogP) is 2.05. The molecule has 0 N–H and O–H groups in total. The molecule has 26 heavy (non-hydrogen) atoms. The molecule has 2 aliphatic rings. The maximum absolute atomic E-state index is 12.5. The van der Waals surface area contributed by atoms with E-state index in [9.17, 15) is 22.8 Å². The molecule has 0 radical (unpaired) electrons. The van der Waals surface area contributed by atoms with Crippen molar-refractivity contribution in [2.24, 2.45) is 0 Å². The van der Waals surface area contributed by atoms with E-state index in [1.165, 1.54) is 12.1 Å². The normalized spacial score (nSPS) is 21.0. The molecule has 2 saturated heterocycles. The van der Waals surface area contributed by atoms with Crippen LogP contribution in [0.1, 0.15) is 23.2 Å². The highest BCUT2D eigenvalue weighted by Crippen LogP contribution is 2.23. The van der Waals surface area contributed by atoms with Gasteiger partial charge in [0.05, 0.1) is 0 Å². The van der Waals surface area contributed by atoms with Crippen molar-refractivity contribution in [3.05, 3.63) is 29.8 Å². The van der Waals surface area contributed by atoms with Gasteiger partial charge < -0.3 is 19.3 Å². The van der Waals surface area contributed by atoms with Gasteiger partial charge in [-0.25, -0.2) is 0 Å². The molecule has 2 fully saturated rings. The molecule has 0 saturated carbocycles. The summed E-state index contributed by atoms with van der Waals surface area (Å²) in [6.07, 6.45) is -3.54. The Morgan fingerprint density at radius 2 is 1.65 bits per heavy atom. The highest BCUT2D eigenvalue weighted by molar-refractivity contribution is 5.94. The Morgan fingerprint density at radius 1 is 1.04 bits per heavy atom. The molecule has 9 heteroatoms. The number of halogens is 3. The summed E-state index contributed by atoms with van der Waals surface area (Å²) in [5, 5.41) is 0. The van der Waals surface area contributed by atoms with Crippen molar-refractivity contribution in [3.63, 3.8) is 0 Å². The Hall–Kier alpha value is -2.29. The summed E-state index contributed by atoms with van der Waals surface area (Å²) in [5.74, 6) is -0.697. The minimum atomic E-state index is -4.77. The second-order valence-electron chi connectivity index (χ2n) is 6.19. The molecule has 0 spiro atoms. The molecular weight excluding hydrogens is 353 g/mol. The molecule has 1 atom stereocenters. The van der Waals surface area contributed by atoms with Gasteiger partial charge in [-0.15, -0.1) is 13.2 Å². The third-order valence-corrected chi connectivity index (χ3v) is 4.42. The largest absolute Gasteiger partial charge is 0.573 e. The first-order chi connectivity index (χ1) is 12.3. The van der Waals surface area contributed by atoms with Crippen molar-refractivity contribution in [1.29, 1.82) is 0 Å². The van der Waals surface area contributed by atoms with E-state index < -0.39 is 6.36 Å². The van der Waals surface area contributed by atoms with Gasteiger partial charge >= 0.3 is 6.36 Å². The third kappa shape index (κ3) is 4.46. The maximum atomic E-state index is 12.5. The van der Waals surface area contributed by atoms with Gasteiger partial charge in [-0.2, -0.15) is 0 Å². The molecule has 2 heterocycles. The second kappa shape index (κ2) is 7.53. The van der Waals surface area contributed by atoms with E-state index >= 15 is 0 Å². The number of nitrogens with zero attached hydrogens (tertiary/aromatic N) is 2. The van der Waals surface area contributed by atoms with Gasteiger partial charge in [0.15, 0.2) is 0 Å². The van der Waals surface area contributed by atoms with Gasteiger partial charge in [0, 0.05) is 38.3 Å². The fourth-order valence-corrected chi connectivity index (χ4v) is 3.09. The van der Waals surface area contributed by atoms with Crippen LogP contribution < -0.4 is 4.74 Å². The minimum absolute atomic E-state index is 0.0387. The number of rotatable bonds is 3. The van der Waals surface area contributed by atoms with Crippen molar-refractivity contribution in [2.75, 3.05) is 32.8 Å². The number of amides is 2. The number of ether oxygens (including phenoxy) is 2. The van der Waals surface area contributed by atoms with E-state index in [1.54, 1.807) is 9.80 Å². The number of carbonyl (C=O) groups is 2. The molecular formula is C17H19F3N2O4. The van der Waals surface area contributed by atoms with Crippen LogP contribution >= 0.6 is 0 Å². The summed E-state index contributed by atoms with van der Waals surface area (Å²) in [6.45, 7) is 2.18. The standard InChI is InChI=1S/C17H19F3N2O4/c18-17(19,20)26-13-5-3-12(4-6-13)15(23)21-7-9-22(10-8-21)16(24)14-2-1-11-25-14/h3-6,14H,1-2,7-11H2/t14-/m1/s1. The first kappa shape index (κ1) is 18.5. The molecule has 1 aromatic rings. The van der Waals surface area contributed by atoms with Gasteiger partial charge in [-0.3, -0.25) is 9.59 Å². The predicted molar refractivity (Wildman–Crippen MR) is 84.6 cm³/mol. The number of alkyl halides is 3. The number of hydrogen-bond acceptors (Lipinski definition) is 4. The third-order valence-electron chi connectivity index (χ3n) is 4.42. The average molecular weight is 372 g/mol. The topological polar surface area (TPSA) is 59.1 Å². The van der Waals surface area contributed by atoms with Gasteiger partial charge in [0.1, 0.15) is 11.9 Å². The number of hydrogen-bond donors (Lipinski definition) is 0. The highest BCUT2D eigenvalue weighted by Gasteiger charge is 2.32. The first-order valence-corrected chi connectivity index (χ1v) is 8.39. The van der Waals surface area contributed by atoms with Crippen LogP contribution in [0.5, 0.6) is 5.75 Å². The molecule has 0 aromatic heterocycles. The van der Waals surface area contributed by atoms with Gasteiger partial charge in [0.25, 0.3) is 11.8 Å². The lowest BCUT2D eigenvalue weighted by atomic mass is 10.1. The Morgan fingerprint density at radius 3 is 2.19 bits per heavy atom. The van der Waals surface area contributed by atoms with E-state index in [1.807, 2.05) is 0 Å². The minimum Gasteiger partial charge on any atom is -0.406 e. The summed E-state index contributed by atoms with van der Waals surface area (Å²) in [4.78, 5) is 28.0. The molecule has 0 aliphatic carbocycles. The Bertz CT molecular complexity index is 649. The van der Waals surface area contributed by atoms with E-state index in [0.717, 1.165) is 25.0 Å². The van der Waals surface area contributed by atoms with Crippen LogP contribution in [0.3, 0.4) is 0 Å². The van der Waals surface area contributed by atoms with Crippen molar-refractivity contribution in [1.82, 2.24) is 9.80 Å². The first-order valence-electron chi connectivity index (χ1n) is 8.39. The number of piperazine rings is 1. The molecule has 6 nitrogen and oxygen atoms in total. The molecule has 2 amide bonds. The zero-order chi connectivity index (χ0) is 18.7. The van der Waals surface area contributed by atoms with Gasteiger partial charge in [-0.05, 0) is 37.1 Å². The van der Waals surface area contributed by atoms with Gasteiger partial charge in [-0.1, -0.05) is 0 Å². The Kier molecular flexibility index (Phi) is 5.36. The summed E-state index contributed by atoms with van der Waals surface area (Å²) in [5.41, 5.74) is 0.276. The molecule has 142 valence electrons. The summed E-state index contributed by atoms with van der Waals surface area (Å²) in [7, 11) is 0. The maximum Gasteiger partial charge on any atom is 0.573 e. The van der Waals surface area contributed by atoms with Crippen LogP contribution in [0.25, 0.3) is 0 Å². The van der Waals surface area contributed by atoms with Crippen LogP contribution in [0, 0.1) is 0 Å². The fraction of sp³-hybridized carbons (Fsp3) is 0.529. The summed E-state index contributed by atoms with van der Waals surface area (Å²) >= 11 is 0. The smallest absolute Gasteiger partial charge is 0.406 e. The molecule has 3 rings (SSSR count). The zero-order valence-electron chi connectivity index (χ0n) is 14.0. The van der Waals surface area contributed by atoms with E-state index in [4.69, 9.17) is 4.74 Å². The summed E-state index contributed by atoms with van der Waals surface area (Å²) in [6, 6.07) is 4.82. The molecule has 0 unspecified atom stereocenters. The second-order valence-corrected chi connectivity index (χ2v) is 6.19. The van der Waals surface area contributed by atoms with Crippen molar-refractivity contribution in [2.45, 2.75) is 25.3 Å². The monoisotopic (exact) mass is 372 g/mol. The van der Waals surface area contributed by atoms with Crippen LogP contribution in [0.15, 0.2) is 24.3 Å². The zero-order valence-corrected chi connectivity index (χ0v) is 14.0. The quantitative estimate of drug-likeness (QED) is 0.815. The molecule has 0 bridgehead atoms. The molecule has 2 aliphatic heterocycles. The fourth-order valence-electron chi connectivity index (χ4n) is 3.09. The lowest BCUT2D eigenvalue weighted by Crippen LogP contribution is -2.52.